The Morgan fingerprint density at radius 1 is 1.44 bits per heavy atom. The quantitative estimate of drug-likeness (QED) is 0.850. The molecule has 0 unspecified atom stereocenters. The van der Waals surface area contributed by atoms with Gasteiger partial charge in [0.25, 0.3) is 5.91 Å². The van der Waals surface area contributed by atoms with E-state index in [9.17, 15) is 4.79 Å². The van der Waals surface area contributed by atoms with E-state index >= 15 is 0 Å². The van der Waals surface area contributed by atoms with Gasteiger partial charge in [-0.3, -0.25) is 9.78 Å². The van der Waals surface area contributed by atoms with E-state index < -0.39 is 0 Å². The molecule has 1 amide bonds. The van der Waals surface area contributed by atoms with Gasteiger partial charge in [-0.25, -0.2) is 4.68 Å². The summed E-state index contributed by atoms with van der Waals surface area (Å²) in [6.45, 7) is 0.374. The summed E-state index contributed by atoms with van der Waals surface area (Å²) in [5, 5.41) is 4.23. The Morgan fingerprint density at radius 2 is 2.22 bits per heavy atom. The summed E-state index contributed by atoms with van der Waals surface area (Å²) in [4.78, 5) is 17.3. The molecule has 6 heteroatoms. The van der Waals surface area contributed by atoms with Gasteiger partial charge < -0.3 is 10.6 Å². The van der Waals surface area contributed by atoms with Crippen LogP contribution in [0.5, 0.6) is 0 Å². The SMILES string of the molecule is CN(C)C(=O)c1ccn(-c2ccnc(CN)c2)n1. The monoisotopic (exact) mass is 245 g/mol. The molecule has 2 N–H and O–H groups in total. The normalized spacial score (nSPS) is 10.4. The zero-order chi connectivity index (χ0) is 13.1. The molecule has 2 aromatic rings. The van der Waals surface area contributed by atoms with Crippen LogP contribution >= 0.6 is 0 Å². The zero-order valence-electron chi connectivity index (χ0n) is 10.4. The Kier molecular flexibility index (Phi) is 3.38. The second-order valence-corrected chi connectivity index (χ2v) is 4.05. The van der Waals surface area contributed by atoms with Crippen LogP contribution in [0.25, 0.3) is 5.69 Å². The van der Waals surface area contributed by atoms with E-state index in [1.807, 2.05) is 12.1 Å². The third kappa shape index (κ3) is 2.38. The summed E-state index contributed by atoms with van der Waals surface area (Å²) in [5.74, 6) is -0.123. The topological polar surface area (TPSA) is 77.0 Å². The van der Waals surface area contributed by atoms with Crippen molar-refractivity contribution in [2.75, 3.05) is 14.1 Å². The van der Waals surface area contributed by atoms with Gasteiger partial charge in [0.2, 0.25) is 0 Å². The fourth-order valence-corrected chi connectivity index (χ4v) is 1.53. The average molecular weight is 245 g/mol. The highest BCUT2D eigenvalue weighted by molar-refractivity contribution is 5.91. The standard InChI is InChI=1S/C12H15N5O/c1-16(2)12(18)11-4-6-17(15-11)10-3-5-14-9(7-10)8-13/h3-7H,8,13H2,1-2H3. The van der Waals surface area contributed by atoms with Gasteiger partial charge in [-0.1, -0.05) is 0 Å². The van der Waals surface area contributed by atoms with E-state index in [2.05, 4.69) is 10.1 Å². The molecule has 0 saturated carbocycles. The first-order valence-electron chi connectivity index (χ1n) is 5.54. The number of hydrogen-bond donors (Lipinski definition) is 1. The molecule has 0 aromatic carbocycles. The van der Waals surface area contributed by atoms with Gasteiger partial charge >= 0.3 is 0 Å². The number of nitrogens with zero attached hydrogens (tertiary/aromatic N) is 4. The Labute approximate surface area is 105 Å². The van der Waals surface area contributed by atoms with Crippen LogP contribution in [-0.4, -0.2) is 39.7 Å². The summed E-state index contributed by atoms with van der Waals surface area (Å²) in [6, 6.07) is 5.35. The summed E-state index contributed by atoms with van der Waals surface area (Å²) < 4.78 is 1.64. The van der Waals surface area contributed by atoms with Gasteiger partial charge in [0.15, 0.2) is 5.69 Å². The molecular formula is C12H15N5O. The highest BCUT2D eigenvalue weighted by atomic mass is 16.2. The molecule has 2 heterocycles. The van der Waals surface area contributed by atoms with Crippen molar-refractivity contribution in [1.29, 1.82) is 0 Å². The Morgan fingerprint density at radius 3 is 2.89 bits per heavy atom. The minimum Gasteiger partial charge on any atom is -0.343 e. The number of pyridine rings is 1. The first kappa shape index (κ1) is 12.3. The summed E-state index contributed by atoms with van der Waals surface area (Å²) in [6.07, 6.45) is 3.42. The lowest BCUT2D eigenvalue weighted by Gasteiger charge is -2.07. The lowest BCUT2D eigenvalue weighted by Crippen LogP contribution is -2.22. The van der Waals surface area contributed by atoms with Crippen LogP contribution < -0.4 is 5.73 Å². The zero-order valence-corrected chi connectivity index (χ0v) is 10.4. The number of nitrogens with two attached hydrogens (primary N) is 1. The Bertz CT molecular complexity index is 561. The van der Waals surface area contributed by atoms with E-state index in [4.69, 9.17) is 5.73 Å². The molecule has 2 aromatic heterocycles. The van der Waals surface area contributed by atoms with Crippen molar-refractivity contribution in [3.8, 4) is 5.69 Å². The van der Waals surface area contributed by atoms with Crippen LogP contribution in [0.15, 0.2) is 30.6 Å². The molecule has 6 nitrogen and oxygen atoms in total. The third-order valence-electron chi connectivity index (χ3n) is 2.49. The van der Waals surface area contributed by atoms with Crippen LogP contribution in [0.2, 0.25) is 0 Å². The number of aromatic nitrogens is 3. The number of hydrogen-bond acceptors (Lipinski definition) is 4. The molecule has 0 radical (unpaired) electrons. The summed E-state index contributed by atoms with van der Waals surface area (Å²) in [5.41, 5.74) is 7.56. The maximum absolute atomic E-state index is 11.7. The summed E-state index contributed by atoms with van der Waals surface area (Å²) >= 11 is 0. The third-order valence-corrected chi connectivity index (χ3v) is 2.49. The minimum absolute atomic E-state index is 0.123. The lowest BCUT2D eigenvalue weighted by atomic mass is 10.3. The van der Waals surface area contributed by atoms with Crippen molar-refractivity contribution in [2.45, 2.75) is 6.54 Å². The Balaban J connectivity index is 2.32. The Hall–Kier alpha value is -2.21. The highest BCUT2D eigenvalue weighted by Crippen LogP contribution is 2.09. The fourth-order valence-electron chi connectivity index (χ4n) is 1.53. The molecule has 0 fully saturated rings. The van der Waals surface area contributed by atoms with Crippen LogP contribution in [0.1, 0.15) is 16.2 Å². The van der Waals surface area contributed by atoms with Gasteiger partial charge in [-0.05, 0) is 18.2 Å². The smallest absolute Gasteiger partial charge is 0.273 e. The van der Waals surface area contributed by atoms with Crippen LogP contribution in [0, 0.1) is 0 Å². The second kappa shape index (κ2) is 4.97. The average Bonchev–Trinajstić information content (AvgIpc) is 2.87. The molecule has 0 saturated heterocycles. The van der Waals surface area contributed by atoms with Crippen molar-refractivity contribution in [3.63, 3.8) is 0 Å². The number of carbonyl (C=O) groups excluding carboxylic acids is 1. The van der Waals surface area contributed by atoms with E-state index in [-0.39, 0.29) is 5.91 Å². The van der Waals surface area contributed by atoms with Crippen LogP contribution in [-0.2, 0) is 6.54 Å². The van der Waals surface area contributed by atoms with Crippen LogP contribution in [0.4, 0.5) is 0 Å². The second-order valence-electron chi connectivity index (χ2n) is 4.05. The van der Waals surface area contributed by atoms with E-state index in [0.717, 1.165) is 11.4 Å². The van der Waals surface area contributed by atoms with Gasteiger partial charge in [0, 0.05) is 33.0 Å². The van der Waals surface area contributed by atoms with Crippen molar-refractivity contribution in [1.82, 2.24) is 19.7 Å². The van der Waals surface area contributed by atoms with Crippen molar-refractivity contribution in [2.24, 2.45) is 5.73 Å². The lowest BCUT2D eigenvalue weighted by molar-refractivity contribution is 0.0821. The first-order chi connectivity index (χ1) is 8.61. The predicted molar refractivity (Wildman–Crippen MR) is 67.3 cm³/mol. The minimum atomic E-state index is -0.123. The molecule has 0 aliphatic heterocycles. The molecule has 0 spiro atoms. The van der Waals surface area contributed by atoms with Gasteiger partial charge in [0.05, 0.1) is 11.4 Å². The van der Waals surface area contributed by atoms with Gasteiger partial charge in [-0.2, -0.15) is 5.10 Å². The van der Waals surface area contributed by atoms with Gasteiger partial charge in [-0.15, -0.1) is 0 Å². The van der Waals surface area contributed by atoms with Crippen LogP contribution in [0.3, 0.4) is 0 Å². The highest BCUT2D eigenvalue weighted by Gasteiger charge is 2.11. The van der Waals surface area contributed by atoms with Crippen molar-refractivity contribution in [3.05, 3.63) is 42.0 Å². The van der Waals surface area contributed by atoms with E-state index in [1.165, 1.54) is 4.90 Å². The molecule has 0 bridgehead atoms. The molecule has 0 aliphatic rings. The maximum Gasteiger partial charge on any atom is 0.273 e. The number of carbonyl (C=O) groups is 1. The number of rotatable bonds is 3. The largest absolute Gasteiger partial charge is 0.343 e. The maximum atomic E-state index is 11.7. The van der Waals surface area contributed by atoms with E-state index in [1.54, 1.807) is 37.2 Å². The van der Waals surface area contributed by atoms with E-state index in [0.29, 0.717) is 12.2 Å². The molecule has 2 rings (SSSR count). The molecule has 94 valence electrons. The van der Waals surface area contributed by atoms with Crippen molar-refractivity contribution >= 4 is 5.91 Å². The molecule has 0 atom stereocenters. The van der Waals surface area contributed by atoms with Gasteiger partial charge in [0.1, 0.15) is 0 Å². The predicted octanol–water partition coefficient (Wildman–Crippen LogP) is 0.428. The molecule has 18 heavy (non-hydrogen) atoms. The molecule has 0 aliphatic carbocycles. The molecular weight excluding hydrogens is 230 g/mol. The van der Waals surface area contributed by atoms with Crippen molar-refractivity contribution < 1.29 is 4.79 Å². The fraction of sp³-hybridized carbons (Fsp3) is 0.250. The first-order valence-corrected chi connectivity index (χ1v) is 5.54. The number of amides is 1. The summed E-state index contributed by atoms with van der Waals surface area (Å²) in [7, 11) is 3.39.